The lowest BCUT2D eigenvalue weighted by Gasteiger charge is -2.34. The summed E-state index contributed by atoms with van der Waals surface area (Å²) in [6.45, 7) is 3.00. The second-order valence-electron chi connectivity index (χ2n) is 6.47. The van der Waals surface area contributed by atoms with Crippen LogP contribution in [0.4, 0.5) is 5.82 Å². The summed E-state index contributed by atoms with van der Waals surface area (Å²) in [5, 5.41) is 3.41. The lowest BCUT2D eigenvalue weighted by Crippen LogP contribution is -2.43. The van der Waals surface area contributed by atoms with Gasteiger partial charge in [-0.25, -0.2) is 9.97 Å². The van der Waals surface area contributed by atoms with E-state index in [-0.39, 0.29) is 5.91 Å². The van der Waals surface area contributed by atoms with E-state index in [2.05, 4.69) is 22.2 Å². The molecule has 1 aromatic rings. The minimum atomic E-state index is 0.0338. The van der Waals surface area contributed by atoms with E-state index in [0.29, 0.717) is 17.8 Å². The van der Waals surface area contributed by atoms with Crippen LogP contribution in [0.25, 0.3) is 0 Å². The summed E-state index contributed by atoms with van der Waals surface area (Å²) in [6, 6.07) is 0.877. The van der Waals surface area contributed by atoms with Crippen LogP contribution in [0.2, 0.25) is 0 Å². The number of piperidine rings is 1. The van der Waals surface area contributed by atoms with Crippen LogP contribution in [0.15, 0.2) is 12.4 Å². The number of nitrogens with zero attached hydrogens (tertiary/aromatic N) is 3. The molecule has 1 N–H and O–H groups in total. The van der Waals surface area contributed by atoms with Gasteiger partial charge in [-0.1, -0.05) is 19.8 Å². The Kier molecular flexibility index (Phi) is 4.90. The smallest absolute Gasteiger partial charge is 0.274 e. The van der Waals surface area contributed by atoms with E-state index in [9.17, 15) is 4.79 Å². The van der Waals surface area contributed by atoms with Gasteiger partial charge >= 0.3 is 0 Å². The van der Waals surface area contributed by atoms with Crippen LogP contribution in [0.1, 0.15) is 68.8 Å². The SMILES string of the molecule is CCC1CCCCN1C(=O)c1cnc(NC2CCCC2)cn1. The molecule has 0 bridgehead atoms. The van der Waals surface area contributed by atoms with E-state index in [1.165, 1.54) is 32.1 Å². The van der Waals surface area contributed by atoms with Crippen molar-refractivity contribution in [3.8, 4) is 0 Å². The Labute approximate surface area is 132 Å². The molecule has 3 rings (SSSR count). The van der Waals surface area contributed by atoms with Crippen molar-refractivity contribution in [3.05, 3.63) is 18.1 Å². The van der Waals surface area contributed by atoms with Gasteiger partial charge in [0.1, 0.15) is 11.5 Å². The second-order valence-corrected chi connectivity index (χ2v) is 6.47. The fourth-order valence-corrected chi connectivity index (χ4v) is 3.63. The number of carbonyl (C=O) groups excluding carboxylic acids is 1. The highest BCUT2D eigenvalue weighted by atomic mass is 16.2. The first kappa shape index (κ1) is 15.3. The van der Waals surface area contributed by atoms with E-state index in [0.717, 1.165) is 31.6 Å². The number of amides is 1. The minimum Gasteiger partial charge on any atom is -0.366 e. The number of hydrogen-bond acceptors (Lipinski definition) is 4. The highest BCUT2D eigenvalue weighted by Crippen LogP contribution is 2.22. The number of likely N-dealkylation sites (tertiary alicyclic amines) is 1. The average molecular weight is 302 g/mol. The summed E-state index contributed by atoms with van der Waals surface area (Å²) >= 11 is 0. The van der Waals surface area contributed by atoms with Crippen LogP contribution in [-0.2, 0) is 0 Å². The maximum absolute atomic E-state index is 12.6. The predicted molar refractivity (Wildman–Crippen MR) is 86.9 cm³/mol. The number of rotatable bonds is 4. The first-order chi connectivity index (χ1) is 10.8. The van der Waals surface area contributed by atoms with Crippen LogP contribution in [-0.4, -0.2) is 39.4 Å². The maximum atomic E-state index is 12.6. The number of anilines is 1. The lowest BCUT2D eigenvalue weighted by molar-refractivity contribution is 0.0601. The van der Waals surface area contributed by atoms with Crippen LogP contribution in [0, 0.1) is 0 Å². The second kappa shape index (κ2) is 7.07. The van der Waals surface area contributed by atoms with Crippen LogP contribution in [0.5, 0.6) is 0 Å². The molecule has 1 unspecified atom stereocenters. The Morgan fingerprint density at radius 3 is 2.64 bits per heavy atom. The molecule has 2 aliphatic rings. The van der Waals surface area contributed by atoms with Gasteiger partial charge in [0.05, 0.1) is 12.4 Å². The molecule has 1 aliphatic heterocycles. The highest BCUT2D eigenvalue weighted by molar-refractivity contribution is 5.92. The number of nitrogens with one attached hydrogen (secondary N) is 1. The van der Waals surface area contributed by atoms with Gasteiger partial charge in [-0.3, -0.25) is 4.79 Å². The quantitative estimate of drug-likeness (QED) is 0.927. The third-order valence-corrected chi connectivity index (χ3v) is 4.94. The highest BCUT2D eigenvalue weighted by Gasteiger charge is 2.27. The molecule has 1 aliphatic carbocycles. The molecule has 1 aromatic heterocycles. The van der Waals surface area contributed by atoms with Crippen LogP contribution < -0.4 is 5.32 Å². The van der Waals surface area contributed by atoms with E-state index >= 15 is 0 Å². The molecule has 2 fully saturated rings. The van der Waals surface area contributed by atoms with E-state index in [1.54, 1.807) is 12.4 Å². The summed E-state index contributed by atoms with van der Waals surface area (Å²) in [7, 11) is 0. The molecular formula is C17H26N4O. The Bertz CT molecular complexity index is 496. The molecule has 1 saturated heterocycles. The van der Waals surface area contributed by atoms with E-state index in [1.807, 2.05) is 4.90 Å². The van der Waals surface area contributed by atoms with E-state index in [4.69, 9.17) is 0 Å². The van der Waals surface area contributed by atoms with Crippen LogP contribution in [0.3, 0.4) is 0 Å². The third kappa shape index (κ3) is 3.39. The first-order valence-corrected chi connectivity index (χ1v) is 8.67. The molecule has 0 aromatic carbocycles. The fourth-order valence-electron chi connectivity index (χ4n) is 3.63. The third-order valence-electron chi connectivity index (χ3n) is 4.94. The topological polar surface area (TPSA) is 58.1 Å². The molecule has 0 radical (unpaired) electrons. The monoisotopic (exact) mass is 302 g/mol. The fraction of sp³-hybridized carbons (Fsp3) is 0.706. The van der Waals surface area contributed by atoms with Crippen molar-refractivity contribution in [2.45, 2.75) is 70.4 Å². The van der Waals surface area contributed by atoms with Gasteiger partial charge in [0.2, 0.25) is 0 Å². The molecule has 120 valence electrons. The normalized spacial score (nSPS) is 22.8. The Morgan fingerprint density at radius 2 is 1.95 bits per heavy atom. The van der Waals surface area contributed by atoms with Gasteiger partial charge in [0.15, 0.2) is 0 Å². The summed E-state index contributed by atoms with van der Waals surface area (Å²) in [5.41, 5.74) is 0.470. The van der Waals surface area contributed by atoms with Crippen molar-refractivity contribution in [2.24, 2.45) is 0 Å². The Hall–Kier alpha value is -1.65. The van der Waals surface area contributed by atoms with Crippen LogP contribution >= 0.6 is 0 Å². The van der Waals surface area contributed by atoms with Gasteiger partial charge in [0, 0.05) is 18.6 Å². The van der Waals surface area contributed by atoms with Gasteiger partial charge < -0.3 is 10.2 Å². The Morgan fingerprint density at radius 1 is 1.18 bits per heavy atom. The zero-order chi connectivity index (χ0) is 15.4. The zero-order valence-electron chi connectivity index (χ0n) is 13.4. The molecule has 2 heterocycles. The molecule has 5 nitrogen and oxygen atoms in total. The minimum absolute atomic E-state index is 0.0338. The summed E-state index contributed by atoms with van der Waals surface area (Å²) in [6.07, 6.45) is 12.7. The number of hydrogen-bond donors (Lipinski definition) is 1. The van der Waals surface area contributed by atoms with Crippen molar-refractivity contribution in [3.63, 3.8) is 0 Å². The largest absolute Gasteiger partial charge is 0.366 e. The molecule has 0 spiro atoms. The molecular weight excluding hydrogens is 276 g/mol. The lowest BCUT2D eigenvalue weighted by atomic mass is 10.00. The summed E-state index contributed by atoms with van der Waals surface area (Å²) < 4.78 is 0. The van der Waals surface area contributed by atoms with Crippen molar-refractivity contribution in [2.75, 3.05) is 11.9 Å². The Balaban J connectivity index is 1.64. The maximum Gasteiger partial charge on any atom is 0.274 e. The van der Waals surface area contributed by atoms with Crippen molar-refractivity contribution in [1.29, 1.82) is 0 Å². The molecule has 5 heteroatoms. The van der Waals surface area contributed by atoms with Gasteiger partial charge in [-0.2, -0.15) is 0 Å². The predicted octanol–water partition coefficient (Wildman–Crippen LogP) is 3.24. The zero-order valence-corrected chi connectivity index (χ0v) is 13.4. The van der Waals surface area contributed by atoms with Gasteiger partial charge in [-0.15, -0.1) is 0 Å². The standard InChI is InChI=1S/C17H26N4O/c1-2-14-9-5-6-10-21(14)17(22)15-11-19-16(12-18-15)20-13-7-3-4-8-13/h11-14H,2-10H2,1H3,(H,19,20). The van der Waals surface area contributed by atoms with Gasteiger partial charge in [0.25, 0.3) is 5.91 Å². The number of aromatic nitrogens is 2. The molecule has 1 amide bonds. The van der Waals surface area contributed by atoms with Crippen molar-refractivity contribution >= 4 is 11.7 Å². The first-order valence-electron chi connectivity index (χ1n) is 8.67. The van der Waals surface area contributed by atoms with Gasteiger partial charge in [-0.05, 0) is 38.5 Å². The molecule has 1 atom stereocenters. The molecule has 22 heavy (non-hydrogen) atoms. The number of carbonyl (C=O) groups is 1. The van der Waals surface area contributed by atoms with E-state index < -0.39 is 0 Å². The average Bonchev–Trinajstić information content (AvgIpc) is 3.08. The summed E-state index contributed by atoms with van der Waals surface area (Å²) in [4.78, 5) is 23.3. The van der Waals surface area contributed by atoms with Crippen molar-refractivity contribution < 1.29 is 4.79 Å². The summed E-state index contributed by atoms with van der Waals surface area (Å²) in [5.74, 6) is 0.820. The molecule has 1 saturated carbocycles. The van der Waals surface area contributed by atoms with Crippen molar-refractivity contribution in [1.82, 2.24) is 14.9 Å².